The zero-order valence-corrected chi connectivity index (χ0v) is 9.95. The molecule has 6 nitrogen and oxygen atoms in total. The van der Waals surface area contributed by atoms with Crippen LogP contribution < -0.4 is 5.32 Å². The molecule has 0 saturated heterocycles. The largest absolute Gasteiger partial charge is 0.338 e. The molecule has 7 heteroatoms. The van der Waals surface area contributed by atoms with Crippen molar-refractivity contribution in [2.24, 2.45) is 0 Å². The second-order valence-electron chi connectivity index (χ2n) is 3.40. The first-order valence-corrected chi connectivity index (χ1v) is 5.17. The fourth-order valence-electron chi connectivity index (χ4n) is 1.13. The lowest BCUT2D eigenvalue weighted by molar-refractivity contribution is 0.101. The van der Waals surface area contributed by atoms with Crippen LogP contribution in [-0.4, -0.2) is 21.0 Å². The monoisotopic (exact) mass is 252 g/mol. The van der Waals surface area contributed by atoms with Crippen LogP contribution in [0.1, 0.15) is 21.7 Å². The summed E-state index contributed by atoms with van der Waals surface area (Å²) in [7, 11) is 0. The molecule has 2 heterocycles. The SMILES string of the molecule is Cc1noc(NC(=O)c2cnc(Cl)cn2)c1C. The number of nitrogens with one attached hydrogen (secondary N) is 1. The molecule has 0 aliphatic rings. The Bertz CT molecular complexity index is 550. The van der Waals surface area contributed by atoms with Gasteiger partial charge in [-0.05, 0) is 13.8 Å². The molecule has 0 radical (unpaired) electrons. The molecule has 0 aliphatic carbocycles. The molecule has 88 valence electrons. The van der Waals surface area contributed by atoms with E-state index in [1.54, 1.807) is 13.8 Å². The van der Waals surface area contributed by atoms with E-state index in [0.717, 1.165) is 11.3 Å². The Kier molecular flexibility index (Phi) is 3.06. The van der Waals surface area contributed by atoms with Crippen molar-refractivity contribution >= 4 is 23.4 Å². The molecule has 0 bridgehead atoms. The zero-order chi connectivity index (χ0) is 12.4. The first-order chi connectivity index (χ1) is 8.08. The smallest absolute Gasteiger partial charge is 0.278 e. The molecule has 2 rings (SSSR count). The van der Waals surface area contributed by atoms with Gasteiger partial charge in [0.15, 0.2) is 0 Å². The maximum atomic E-state index is 11.7. The van der Waals surface area contributed by atoms with E-state index < -0.39 is 5.91 Å². The molecule has 0 aromatic carbocycles. The number of anilines is 1. The lowest BCUT2D eigenvalue weighted by Gasteiger charge is -2.00. The van der Waals surface area contributed by atoms with Crippen LogP contribution in [0.15, 0.2) is 16.9 Å². The summed E-state index contributed by atoms with van der Waals surface area (Å²) in [5, 5.41) is 6.51. The summed E-state index contributed by atoms with van der Waals surface area (Å²) in [6.07, 6.45) is 2.59. The highest BCUT2D eigenvalue weighted by Gasteiger charge is 2.14. The van der Waals surface area contributed by atoms with Crippen molar-refractivity contribution in [2.75, 3.05) is 5.32 Å². The quantitative estimate of drug-likeness (QED) is 0.884. The van der Waals surface area contributed by atoms with Gasteiger partial charge in [0, 0.05) is 5.56 Å². The zero-order valence-electron chi connectivity index (χ0n) is 9.19. The maximum absolute atomic E-state index is 11.7. The molecule has 0 spiro atoms. The van der Waals surface area contributed by atoms with Crippen LogP contribution in [0.4, 0.5) is 5.88 Å². The number of amides is 1. The maximum Gasteiger partial charge on any atom is 0.278 e. The van der Waals surface area contributed by atoms with Gasteiger partial charge >= 0.3 is 0 Å². The molecule has 17 heavy (non-hydrogen) atoms. The number of aromatic nitrogens is 3. The molecular weight excluding hydrogens is 244 g/mol. The van der Waals surface area contributed by atoms with Gasteiger partial charge in [0.05, 0.1) is 18.1 Å². The van der Waals surface area contributed by atoms with E-state index in [1.807, 2.05) is 0 Å². The minimum absolute atomic E-state index is 0.155. The molecule has 0 atom stereocenters. The second kappa shape index (κ2) is 4.50. The third-order valence-electron chi connectivity index (χ3n) is 2.24. The topological polar surface area (TPSA) is 80.9 Å². The van der Waals surface area contributed by atoms with Gasteiger partial charge in [-0.15, -0.1) is 0 Å². The van der Waals surface area contributed by atoms with Crippen LogP contribution in [0.3, 0.4) is 0 Å². The van der Waals surface area contributed by atoms with Gasteiger partial charge in [-0.25, -0.2) is 9.97 Å². The minimum atomic E-state index is -0.423. The Morgan fingerprint density at radius 1 is 1.35 bits per heavy atom. The van der Waals surface area contributed by atoms with Crippen LogP contribution in [0.2, 0.25) is 5.15 Å². The van der Waals surface area contributed by atoms with Crippen molar-refractivity contribution in [3.8, 4) is 0 Å². The van der Waals surface area contributed by atoms with Crippen molar-refractivity contribution in [3.63, 3.8) is 0 Å². The van der Waals surface area contributed by atoms with Crippen molar-refractivity contribution in [1.82, 2.24) is 15.1 Å². The van der Waals surface area contributed by atoms with Gasteiger partial charge in [-0.3, -0.25) is 10.1 Å². The van der Waals surface area contributed by atoms with E-state index in [9.17, 15) is 4.79 Å². The summed E-state index contributed by atoms with van der Waals surface area (Å²) < 4.78 is 4.95. The van der Waals surface area contributed by atoms with E-state index >= 15 is 0 Å². The highest BCUT2D eigenvalue weighted by atomic mass is 35.5. The number of hydrogen-bond acceptors (Lipinski definition) is 5. The average Bonchev–Trinajstić information content (AvgIpc) is 2.62. The van der Waals surface area contributed by atoms with Gasteiger partial charge in [0.2, 0.25) is 5.88 Å². The molecule has 1 amide bonds. The lowest BCUT2D eigenvalue weighted by Crippen LogP contribution is -2.14. The van der Waals surface area contributed by atoms with Gasteiger partial charge < -0.3 is 4.52 Å². The Morgan fingerprint density at radius 2 is 2.12 bits per heavy atom. The minimum Gasteiger partial charge on any atom is -0.338 e. The van der Waals surface area contributed by atoms with Crippen LogP contribution in [0.5, 0.6) is 0 Å². The van der Waals surface area contributed by atoms with Gasteiger partial charge in [0.1, 0.15) is 10.8 Å². The fraction of sp³-hybridized carbons (Fsp3) is 0.200. The molecule has 1 N–H and O–H groups in total. The number of carbonyl (C=O) groups excluding carboxylic acids is 1. The molecule has 2 aromatic rings. The Hall–Kier alpha value is -1.95. The van der Waals surface area contributed by atoms with E-state index in [-0.39, 0.29) is 10.8 Å². The number of carbonyl (C=O) groups is 1. The summed E-state index contributed by atoms with van der Waals surface area (Å²) in [4.78, 5) is 19.3. The number of nitrogens with zero attached hydrogens (tertiary/aromatic N) is 3. The van der Waals surface area contributed by atoms with Crippen molar-refractivity contribution in [1.29, 1.82) is 0 Å². The summed E-state index contributed by atoms with van der Waals surface area (Å²) >= 11 is 5.57. The predicted octanol–water partition coefficient (Wildman–Crippen LogP) is 1.99. The normalized spacial score (nSPS) is 10.3. The number of aryl methyl sites for hydroxylation is 1. The average molecular weight is 253 g/mol. The predicted molar refractivity (Wildman–Crippen MR) is 61.0 cm³/mol. The summed E-state index contributed by atoms with van der Waals surface area (Å²) in [6.45, 7) is 3.59. The summed E-state index contributed by atoms with van der Waals surface area (Å²) in [6, 6.07) is 0. The molecule has 0 unspecified atom stereocenters. The third-order valence-corrected chi connectivity index (χ3v) is 2.43. The highest BCUT2D eigenvalue weighted by molar-refractivity contribution is 6.29. The standard InChI is InChI=1S/C10H9ClN4O2/c1-5-6(2)15-17-10(5)14-9(16)7-3-13-8(11)4-12-7/h3-4H,1-2H3,(H,14,16). The third kappa shape index (κ3) is 2.42. The molecule has 2 aromatic heterocycles. The first kappa shape index (κ1) is 11.5. The number of hydrogen-bond donors (Lipinski definition) is 1. The molecular formula is C10H9ClN4O2. The summed E-state index contributed by atoms with van der Waals surface area (Å²) in [5.41, 5.74) is 1.66. The van der Waals surface area contributed by atoms with Gasteiger partial charge in [0.25, 0.3) is 5.91 Å². The molecule has 0 fully saturated rings. The van der Waals surface area contributed by atoms with Crippen molar-refractivity contribution < 1.29 is 9.32 Å². The Morgan fingerprint density at radius 3 is 2.65 bits per heavy atom. The Labute approximate surface area is 102 Å². The van der Waals surface area contributed by atoms with Crippen LogP contribution >= 0.6 is 11.6 Å². The molecule has 0 saturated carbocycles. The second-order valence-corrected chi connectivity index (χ2v) is 3.79. The van der Waals surface area contributed by atoms with Crippen LogP contribution in [-0.2, 0) is 0 Å². The number of rotatable bonds is 2. The summed E-state index contributed by atoms with van der Waals surface area (Å²) in [5.74, 6) is -0.113. The van der Waals surface area contributed by atoms with E-state index in [1.165, 1.54) is 12.4 Å². The van der Waals surface area contributed by atoms with Crippen molar-refractivity contribution in [2.45, 2.75) is 13.8 Å². The van der Waals surface area contributed by atoms with Crippen LogP contribution in [0, 0.1) is 13.8 Å². The van der Waals surface area contributed by atoms with E-state index in [0.29, 0.717) is 5.88 Å². The van der Waals surface area contributed by atoms with Crippen LogP contribution in [0.25, 0.3) is 0 Å². The van der Waals surface area contributed by atoms with Gasteiger partial charge in [-0.1, -0.05) is 16.8 Å². The van der Waals surface area contributed by atoms with E-state index in [4.69, 9.17) is 16.1 Å². The Balaban J connectivity index is 2.17. The highest BCUT2D eigenvalue weighted by Crippen LogP contribution is 2.17. The van der Waals surface area contributed by atoms with Crippen molar-refractivity contribution in [3.05, 3.63) is 34.5 Å². The lowest BCUT2D eigenvalue weighted by atomic mass is 10.3. The number of halogens is 1. The van der Waals surface area contributed by atoms with Gasteiger partial charge in [-0.2, -0.15) is 0 Å². The molecule has 0 aliphatic heterocycles. The first-order valence-electron chi connectivity index (χ1n) is 4.79. The fourth-order valence-corrected chi connectivity index (χ4v) is 1.23. The van der Waals surface area contributed by atoms with E-state index in [2.05, 4.69) is 20.4 Å².